The molecule has 120 valence electrons. The molecule has 0 saturated heterocycles. The second-order valence-corrected chi connectivity index (χ2v) is 4.86. The molecule has 0 saturated carbocycles. The maximum Gasteiger partial charge on any atom is 0.271 e. The summed E-state index contributed by atoms with van der Waals surface area (Å²) < 4.78 is 5.34. The van der Waals surface area contributed by atoms with E-state index >= 15 is 0 Å². The lowest BCUT2D eigenvalue weighted by Gasteiger charge is -2.06. The topological polar surface area (TPSA) is 70.9 Å². The molecule has 0 bridgehead atoms. The first-order chi connectivity index (χ1) is 11.1. The Kier molecular flexibility index (Phi) is 5.74. The monoisotopic (exact) mass is 312 g/mol. The zero-order chi connectivity index (χ0) is 16.7. The van der Waals surface area contributed by atoms with Crippen molar-refractivity contribution in [1.82, 2.24) is 5.43 Å². The van der Waals surface area contributed by atoms with Crippen molar-refractivity contribution >= 4 is 11.6 Å². The van der Waals surface area contributed by atoms with E-state index in [-0.39, 0.29) is 11.7 Å². The number of phenols is 1. The molecule has 0 aromatic heterocycles. The summed E-state index contributed by atoms with van der Waals surface area (Å²) in [7, 11) is 0. The Morgan fingerprint density at radius 1 is 1.04 bits per heavy atom. The van der Waals surface area contributed by atoms with E-state index in [4.69, 9.17) is 4.74 Å². The van der Waals surface area contributed by atoms with Crippen LogP contribution in [0.3, 0.4) is 0 Å². The van der Waals surface area contributed by atoms with Crippen molar-refractivity contribution in [2.75, 3.05) is 6.61 Å². The average Bonchev–Trinajstić information content (AvgIpc) is 2.57. The molecule has 0 atom stereocenters. The molecular weight excluding hydrogens is 292 g/mol. The van der Waals surface area contributed by atoms with Gasteiger partial charge in [-0.3, -0.25) is 4.79 Å². The van der Waals surface area contributed by atoms with Crippen LogP contribution in [0.4, 0.5) is 0 Å². The van der Waals surface area contributed by atoms with Crippen molar-refractivity contribution in [3.63, 3.8) is 0 Å². The molecule has 0 aliphatic rings. The lowest BCUT2D eigenvalue weighted by atomic mass is 10.1. The van der Waals surface area contributed by atoms with Gasteiger partial charge in [-0.05, 0) is 67.4 Å². The van der Waals surface area contributed by atoms with Crippen LogP contribution < -0.4 is 10.2 Å². The minimum Gasteiger partial charge on any atom is -0.508 e. The zero-order valence-electron chi connectivity index (χ0n) is 13.2. The summed E-state index contributed by atoms with van der Waals surface area (Å²) in [6, 6.07) is 13.6. The highest BCUT2D eigenvalue weighted by molar-refractivity contribution is 6.02. The van der Waals surface area contributed by atoms with Crippen LogP contribution in [0.5, 0.6) is 11.5 Å². The van der Waals surface area contributed by atoms with Crippen LogP contribution in [0.1, 0.15) is 36.2 Å². The first kappa shape index (κ1) is 16.5. The van der Waals surface area contributed by atoms with Gasteiger partial charge in [0.25, 0.3) is 5.91 Å². The molecule has 0 radical (unpaired) electrons. The standard InChI is InChI=1S/C18H20N2O3/c1-3-17(13-5-9-15(21)10-6-13)19-20-18(22)14-7-11-16(12-8-14)23-4-2/h5-12,21H,3-4H2,1-2H3,(H,20,22). The molecule has 0 aliphatic heterocycles. The highest BCUT2D eigenvalue weighted by Gasteiger charge is 2.06. The maximum absolute atomic E-state index is 12.1. The molecule has 2 rings (SSSR count). The van der Waals surface area contributed by atoms with Crippen LogP contribution in [0.15, 0.2) is 53.6 Å². The van der Waals surface area contributed by atoms with Crippen molar-refractivity contribution in [2.24, 2.45) is 5.10 Å². The van der Waals surface area contributed by atoms with Crippen molar-refractivity contribution in [3.05, 3.63) is 59.7 Å². The van der Waals surface area contributed by atoms with Gasteiger partial charge in [0.1, 0.15) is 11.5 Å². The van der Waals surface area contributed by atoms with E-state index < -0.39 is 0 Å². The molecule has 1 amide bonds. The zero-order valence-corrected chi connectivity index (χ0v) is 13.2. The number of ether oxygens (including phenoxy) is 1. The molecule has 2 aromatic rings. The molecule has 0 aliphatic carbocycles. The molecule has 0 spiro atoms. The first-order valence-corrected chi connectivity index (χ1v) is 7.53. The van der Waals surface area contributed by atoms with Gasteiger partial charge in [0.15, 0.2) is 0 Å². The fourth-order valence-corrected chi connectivity index (χ4v) is 2.05. The SMILES string of the molecule is CCOc1ccc(C(=O)NN=C(CC)c2ccc(O)cc2)cc1. The van der Waals surface area contributed by atoms with E-state index in [0.717, 1.165) is 17.0 Å². The number of hydrazone groups is 1. The number of rotatable bonds is 6. The largest absolute Gasteiger partial charge is 0.508 e. The Balaban J connectivity index is 2.07. The maximum atomic E-state index is 12.1. The number of aromatic hydroxyl groups is 1. The Morgan fingerprint density at radius 2 is 1.65 bits per heavy atom. The fourth-order valence-electron chi connectivity index (χ4n) is 2.05. The van der Waals surface area contributed by atoms with E-state index in [0.29, 0.717) is 18.6 Å². The number of hydrogen-bond donors (Lipinski definition) is 2. The lowest BCUT2D eigenvalue weighted by molar-refractivity contribution is 0.0954. The normalized spacial score (nSPS) is 11.1. The molecule has 2 aromatic carbocycles. The predicted molar refractivity (Wildman–Crippen MR) is 90.0 cm³/mol. The minimum absolute atomic E-state index is 0.197. The first-order valence-electron chi connectivity index (χ1n) is 7.53. The Labute approximate surface area is 135 Å². The highest BCUT2D eigenvalue weighted by Crippen LogP contribution is 2.13. The third kappa shape index (κ3) is 4.57. The number of phenolic OH excluding ortho intramolecular Hbond substituents is 1. The summed E-state index contributed by atoms with van der Waals surface area (Å²) in [5.41, 5.74) is 4.67. The predicted octanol–water partition coefficient (Wildman–Crippen LogP) is 3.34. The van der Waals surface area contributed by atoms with Gasteiger partial charge in [-0.25, -0.2) is 5.43 Å². The van der Waals surface area contributed by atoms with Crippen molar-refractivity contribution in [2.45, 2.75) is 20.3 Å². The van der Waals surface area contributed by atoms with Crippen LogP contribution in [0.25, 0.3) is 0 Å². The van der Waals surface area contributed by atoms with Gasteiger partial charge in [0, 0.05) is 5.56 Å². The second kappa shape index (κ2) is 7.98. The Hall–Kier alpha value is -2.82. The summed E-state index contributed by atoms with van der Waals surface area (Å²) in [6.45, 7) is 4.45. The molecule has 23 heavy (non-hydrogen) atoms. The van der Waals surface area contributed by atoms with Crippen molar-refractivity contribution in [1.29, 1.82) is 0 Å². The number of benzene rings is 2. The summed E-state index contributed by atoms with van der Waals surface area (Å²) >= 11 is 0. The van der Waals surface area contributed by atoms with Crippen LogP contribution >= 0.6 is 0 Å². The number of nitrogens with zero attached hydrogens (tertiary/aromatic N) is 1. The number of amides is 1. The number of carbonyl (C=O) groups excluding carboxylic acids is 1. The number of carbonyl (C=O) groups is 1. The summed E-state index contributed by atoms with van der Waals surface area (Å²) in [4.78, 5) is 12.1. The van der Waals surface area contributed by atoms with E-state index in [1.54, 1.807) is 48.5 Å². The smallest absolute Gasteiger partial charge is 0.271 e. The lowest BCUT2D eigenvalue weighted by Crippen LogP contribution is -2.19. The molecule has 0 fully saturated rings. The molecule has 2 N–H and O–H groups in total. The third-order valence-corrected chi connectivity index (χ3v) is 3.26. The second-order valence-electron chi connectivity index (χ2n) is 4.86. The van der Waals surface area contributed by atoms with Gasteiger partial charge in [-0.15, -0.1) is 0 Å². The molecule has 5 nitrogen and oxygen atoms in total. The van der Waals surface area contributed by atoms with Crippen LogP contribution in [-0.4, -0.2) is 23.3 Å². The van der Waals surface area contributed by atoms with E-state index in [9.17, 15) is 9.90 Å². The molecule has 5 heteroatoms. The van der Waals surface area contributed by atoms with Gasteiger partial charge in [0.05, 0.1) is 12.3 Å². The average molecular weight is 312 g/mol. The number of nitrogens with one attached hydrogen (secondary N) is 1. The third-order valence-electron chi connectivity index (χ3n) is 3.26. The van der Waals surface area contributed by atoms with Crippen molar-refractivity contribution < 1.29 is 14.6 Å². The summed E-state index contributed by atoms with van der Waals surface area (Å²) in [6.07, 6.45) is 0.661. The van der Waals surface area contributed by atoms with Crippen LogP contribution in [-0.2, 0) is 0 Å². The van der Waals surface area contributed by atoms with Gasteiger partial charge < -0.3 is 9.84 Å². The quantitative estimate of drug-likeness (QED) is 0.635. The van der Waals surface area contributed by atoms with E-state index in [2.05, 4.69) is 10.5 Å². The fraction of sp³-hybridized carbons (Fsp3) is 0.222. The van der Waals surface area contributed by atoms with Gasteiger partial charge >= 0.3 is 0 Å². The van der Waals surface area contributed by atoms with Crippen LogP contribution in [0, 0.1) is 0 Å². The summed E-state index contributed by atoms with van der Waals surface area (Å²) in [5.74, 6) is 0.645. The molecule has 0 heterocycles. The Morgan fingerprint density at radius 3 is 2.22 bits per heavy atom. The minimum atomic E-state index is -0.280. The van der Waals surface area contributed by atoms with Gasteiger partial charge in [0.2, 0.25) is 0 Å². The van der Waals surface area contributed by atoms with E-state index in [1.165, 1.54) is 0 Å². The Bertz CT molecular complexity index is 676. The van der Waals surface area contributed by atoms with Gasteiger partial charge in [-0.1, -0.05) is 6.92 Å². The molecule has 0 unspecified atom stereocenters. The summed E-state index contributed by atoms with van der Waals surface area (Å²) in [5, 5.41) is 13.5. The van der Waals surface area contributed by atoms with Crippen LogP contribution in [0.2, 0.25) is 0 Å². The number of hydrogen-bond acceptors (Lipinski definition) is 4. The highest BCUT2D eigenvalue weighted by atomic mass is 16.5. The van der Waals surface area contributed by atoms with E-state index in [1.807, 2.05) is 13.8 Å². The van der Waals surface area contributed by atoms with Gasteiger partial charge in [-0.2, -0.15) is 5.10 Å². The molecular formula is C18H20N2O3. The van der Waals surface area contributed by atoms with Crippen molar-refractivity contribution in [3.8, 4) is 11.5 Å².